The predicted octanol–water partition coefficient (Wildman–Crippen LogP) is -0.811. The summed E-state index contributed by atoms with van der Waals surface area (Å²) in [5, 5.41) is 27.0. The molecule has 2 atom stereocenters. The third-order valence-corrected chi connectivity index (χ3v) is 1.75. The molecular weight excluding hydrogens is 191 g/mol. The number of nitrogen functional groups attached to an aromatic ring is 1. The maximum atomic E-state index is 12.6. The average molecular weight is 202 g/mol. The first kappa shape index (κ1) is 10.8. The Bertz CT molecular complexity index is 321. The normalized spacial score (nSPS) is 15.1. The van der Waals surface area contributed by atoms with Gasteiger partial charge in [0.05, 0.1) is 24.2 Å². The lowest BCUT2D eigenvalue weighted by atomic mass is 10.1. The van der Waals surface area contributed by atoms with Gasteiger partial charge in [0.1, 0.15) is 18.0 Å². The highest BCUT2D eigenvalue weighted by molar-refractivity contribution is 5.43. The molecule has 0 fully saturated rings. The van der Waals surface area contributed by atoms with Crippen LogP contribution in [0.25, 0.3) is 0 Å². The molecule has 2 unspecified atom stereocenters. The predicted molar refractivity (Wildman–Crippen MR) is 46.7 cm³/mol. The molecule has 1 aromatic heterocycles. The molecule has 0 amide bonds. The molecule has 5 N–H and O–H groups in total. The first-order valence-electron chi connectivity index (χ1n) is 3.94. The minimum Gasteiger partial charge on any atom is -0.397 e. The topological polar surface area (TPSA) is 99.6 Å². The highest BCUT2D eigenvalue weighted by Gasteiger charge is 2.21. The van der Waals surface area contributed by atoms with Gasteiger partial charge in [0.15, 0.2) is 0 Å². The number of halogens is 1. The number of aliphatic hydroxyl groups excluding tert-OH is 3. The van der Waals surface area contributed by atoms with E-state index in [-0.39, 0.29) is 11.4 Å². The second-order valence-corrected chi connectivity index (χ2v) is 2.82. The molecule has 0 radical (unpaired) electrons. The molecule has 0 aliphatic rings. The largest absolute Gasteiger partial charge is 0.397 e. The number of pyridine rings is 1. The fourth-order valence-electron chi connectivity index (χ4n) is 0.995. The number of nitrogens with zero attached hydrogens (tertiary/aromatic N) is 1. The summed E-state index contributed by atoms with van der Waals surface area (Å²) in [6.07, 6.45) is -1.92. The van der Waals surface area contributed by atoms with Crippen LogP contribution in [0.2, 0.25) is 0 Å². The summed E-state index contributed by atoms with van der Waals surface area (Å²) in [6, 6.07) is 0.982. The summed E-state index contributed by atoms with van der Waals surface area (Å²) >= 11 is 0. The van der Waals surface area contributed by atoms with Crippen LogP contribution in [-0.4, -0.2) is 33.0 Å². The van der Waals surface area contributed by atoms with E-state index in [0.29, 0.717) is 0 Å². The second kappa shape index (κ2) is 4.32. The van der Waals surface area contributed by atoms with Crippen molar-refractivity contribution in [2.75, 3.05) is 12.3 Å². The lowest BCUT2D eigenvalue weighted by Gasteiger charge is -2.16. The third kappa shape index (κ3) is 2.16. The summed E-state index contributed by atoms with van der Waals surface area (Å²) in [4.78, 5) is 3.53. The van der Waals surface area contributed by atoms with E-state index in [0.717, 1.165) is 12.3 Å². The number of aromatic nitrogens is 1. The molecule has 0 saturated carbocycles. The standard InChI is InChI=1S/C8H11FN2O3/c9-4-1-5(10)7(11-2-4)8(14)6(13)3-12/h1-2,6,8,12-14H,3,10H2. The Kier molecular flexibility index (Phi) is 3.34. The molecule has 1 aromatic rings. The third-order valence-electron chi connectivity index (χ3n) is 1.75. The zero-order valence-electron chi connectivity index (χ0n) is 7.26. The maximum Gasteiger partial charge on any atom is 0.143 e. The van der Waals surface area contributed by atoms with E-state index >= 15 is 0 Å². The molecule has 0 aromatic carbocycles. The van der Waals surface area contributed by atoms with Crippen molar-refractivity contribution in [2.45, 2.75) is 12.2 Å². The van der Waals surface area contributed by atoms with Gasteiger partial charge in [-0.2, -0.15) is 0 Å². The lowest BCUT2D eigenvalue weighted by molar-refractivity contribution is -0.0169. The van der Waals surface area contributed by atoms with Crippen LogP contribution in [0.1, 0.15) is 11.8 Å². The number of nitrogens with two attached hydrogens (primary N) is 1. The Labute approximate surface area is 79.6 Å². The Hall–Kier alpha value is -1.24. The summed E-state index contributed by atoms with van der Waals surface area (Å²) in [7, 11) is 0. The van der Waals surface area contributed by atoms with E-state index < -0.39 is 24.6 Å². The number of aliphatic hydroxyl groups is 3. The number of anilines is 1. The number of hydrogen-bond acceptors (Lipinski definition) is 5. The van der Waals surface area contributed by atoms with Crippen LogP contribution >= 0.6 is 0 Å². The number of rotatable bonds is 3. The molecule has 0 aliphatic heterocycles. The summed E-state index contributed by atoms with van der Waals surface area (Å²) in [6.45, 7) is -0.625. The van der Waals surface area contributed by atoms with Crippen molar-refractivity contribution in [1.82, 2.24) is 4.98 Å². The summed E-state index contributed by atoms with van der Waals surface area (Å²) in [5.74, 6) is -0.628. The molecule has 0 bridgehead atoms. The molecule has 0 spiro atoms. The van der Waals surface area contributed by atoms with Crippen LogP contribution in [0, 0.1) is 5.82 Å². The van der Waals surface area contributed by atoms with Gasteiger partial charge in [-0.1, -0.05) is 0 Å². The van der Waals surface area contributed by atoms with Crippen molar-refractivity contribution in [3.63, 3.8) is 0 Å². The van der Waals surface area contributed by atoms with Gasteiger partial charge in [-0.15, -0.1) is 0 Å². The van der Waals surface area contributed by atoms with E-state index in [1.165, 1.54) is 0 Å². The minimum atomic E-state index is -1.42. The summed E-state index contributed by atoms with van der Waals surface area (Å²) in [5.41, 5.74) is 5.25. The van der Waals surface area contributed by atoms with Crippen molar-refractivity contribution in [2.24, 2.45) is 0 Å². The Balaban J connectivity index is 2.95. The van der Waals surface area contributed by atoms with E-state index in [9.17, 15) is 9.50 Å². The highest BCUT2D eigenvalue weighted by Crippen LogP contribution is 2.20. The molecule has 0 saturated heterocycles. The number of hydrogen-bond donors (Lipinski definition) is 4. The van der Waals surface area contributed by atoms with E-state index in [1.807, 2.05) is 0 Å². The van der Waals surface area contributed by atoms with E-state index in [4.69, 9.17) is 15.9 Å². The van der Waals surface area contributed by atoms with Gasteiger partial charge in [-0.05, 0) is 0 Å². The molecule has 0 aliphatic carbocycles. The van der Waals surface area contributed by atoms with Gasteiger partial charge in [-0.25, -0.2) is 4.39 Å². The zero-order valence-corrected chi connectivity index (χ0v) is 7.26. The molecular formula is C8H11FN2O3. The first-order chi connectivity index (χ1) is 6.56. The first-order valence-corrected chi connectivity index (χ1v) is 3.94. The van der Waals surface area contributed by atoms with Gasteiger partial charge >= 0.3 is 0 Å². The van der Waals surface area contributed by atoms with Gasteiger partial charge in [0.25, 0.3) is 0 Å². The van der Waals surface area contributed by atoms with E-state index in [2.05, 4.69) is 4.98 Å². The van der Waals surface area contributed by atoms with Gasteiger partial charge in [0.2, 0.25) is 0 Å². The zero-order chi connectivity index (χ0) is 10.7. The molecule has 1 rings (SSSR count). The van der Waals surface area contributed by atoms with Crippen LogP contribution in [0.5, 0.6) is 0 Å². The SMILES string of the molecule is Nc1cc(F)cnc1C(O)C(O)CO. The van der Waals surface area contributed by atoms with E-state index in [1.54, 1.807) is 0 Å². The lowest BCUT2D eigenvalue weighted by Crippen LogP contribution is -2.23. The molecule has 6 heteroatoms. The smallest absolute Gasteiger partial charge is 0.143 e. The van der Waals surface area contributed by atoms with Crippen molar-refractivity contribution < 1.29 is 19.7 Å². The Morgan fingerprint density at radius 2 is 2.14 bits per heavy atom. The molecule has 78 valence electrons. The minimum absolute atomic E-state index is 0.0482. The Morgan fingerprint density at radius 1 is 1.50 bits per heavy atom. The van der Waals surface area contributed by atoms with Crippen molar-refractivity contribution >= 4 is 5.69 Å². The van der Waals surface area contributed by atoms with Crippen LogP contribution < -0.4 is 5.73 Å². The van der Waals surface area contributed by atoms with Crippen molar-refractivity contribution in [1.29, 1.82) is 0 Å². The van der Waals surface area contributed by atoms with Crippen LogP contribution in [0.15, 0.2) is 12.3 Å². The van der Waals surface area contributed by atoms with Crippen LogP contribution in [-0.2, 0) is 0 Å². The molecule has 5 nitrogen and oxygen atoms in total. The van der Waals surface area contributed by atoms with Gasteiger partial charge in [0, 0.05) is 6.07 Å². The van der Waals surface area contributed by atoms with Crippen molar-refractivity contribution in [3.05, 3.63) is 23.8 Å². The monoisotopic (exact) mass is 202 g/mol. The average Bonchev–Trinajstić information content (AvgIpc) is 2.15. The van der Waals surface area contributed by atoms with Gasteiger partial charge in [-0.3, -0.25) is 4.98 Å². The fraction of sp³-hybridized carbons (Fsp3) is 0.375. The maximum absolute atomic E-state index is 12.6. The fourth-order valence-corrected chi connectivity index (χ4v) is 0.995. The Morgan fingerprint density at radius 3 is 2.64 bits per heavy atom. The summed E-state index contributed by atoms with van der Waals surface area (Å²) < 4.78 is 12.6. The van der Waals surface area contributed by atoms with Crippen LogP contribution in [0.4, 0.5) is 10.1 Å². The molecule has 14 heavy (non-hydrogen) atoms. The molecule has 1 heterocycles. The van der Waals surface area contributed by atoms with Crippen LogP contribution in [0.3, 0.4) is 0 Å². The van der Waals surface area contributed by atoms with Gasteiger partial charge < -0.3 is 21.1 Å². The second-order valence-electron chi connectivity index (χ2n) is 2.82. The quantitative estimate of drug-likeness (QED) is 0.513. The highest BCUT2D eigenvalue weighted by atomic mass is 19.1. The van der Waals surface area contributed by atoms with Crippen molar-refractivity contribution in [3.8, 4) is 0 Å².